The average Bonchev–Trinajstić information content (AvgIpc) is 2.65. The fraction of sp³-hybridized carbons (Fsp3) is 0.611. The average molecular weight is 543 g/mol. The van der Waals surface area contributed by atoms with E-state index in [1.54, 1.807) is 12.1 Å². The van der Waals surface area contributed by atoms with Gasteiger partial charge in [-0.25, -0.2) is 18.5 Å². The molecule has 0 amide bonds. The number of aliphatic imine (C=N–C) groups is 1. The Kier molecular flexibility index (Phi) is 10.9. The van der Waals surface area contributed by atoms with E-state index < -0.39 is 20.8 Å². The van der Waals surface area contributed by atoms with Crippen molar-refractivity contribution in [3.8, 4) is 0 Å². The Labute approximate surface area is 187 Å². The maximum atomic E-state index is 12.1. The van der Waals surface area contributed by atoms with Crippen molar-refractivity contribution in [3.63, 3.8) is 0 Å². The van der Waals surface area contributed by atoms with Gasteiger partial charge < -0.3 is 10.6 Å². The third-order valence-corrected chi connectivity index (χ3v) is 7.31. The molecule has 0 heterocycles. The fourth-order valence-corrected chi connectivity index (χ4v) is 5.08. The van der Waals surface area contributed by atoms with Gasteiger partial charge in [-0.05, 0) is 43.9 Å². The first-order valence-electron chi connectivity index (χ1n) is 9.37. The van der Waals surface area contributed by atoms with Crippen LogP contribution in [0.5, 0.6) is 0 Å². The predicted octanol–water partition coefficient (Wildman–Crippen LogP) is 2.09. The smallest absolute Gasteiger partial charge is 0.238 e. The Morgan fingerprint density at radius 1 is 1.25 bits per heavy atom. The zero-order chi connectivity index (χ0) is 19.9. The highest BCUT2D eigenvalue weighted by Crippen LogP contribution is 2.23. The van der Waals surface area contributed by atoms with E-state index in [1.807, 2.05) is 13.8 Å². The van der Waals surface area contributed by atoms with E-state index in [1.165, 1.54) is 12.1 Å². The first-order valence-corrected chi connectivity index (χ1v) is 12.3. The van der Waals surface area contributed by atoms with Gasteiger partial charge in [0.25, 0.3) is 0 Å². The number of hydrogen-bond donors (Lipinski definition) is 3. The summed E-state index contributed by atoms with van der Waals surface area (Å²) in [6.07, 6.45) is 4.05. The van der Waals surface area contributed by atoms with Gasteiger partial charge in [-0.15, -0.1) is 24.0 Å². The molecule has 3 atom stereocenters. The highest BCUT2D eigenvalue weighted by molar-refractivity contribution is 14.0. The molecule has 28 heavy (non-hydrogen) atoms. The molecule has 160 valence electrons. The lowest BCUT2D eigenvalue weighted by Gasteiger charge is -2.30. The number of sulfonamides is 1. The van der Waals surface area contributed by atoms with Crippen molar-refractivity contribution in [2.45, 2.75) is 62.3 Å². The summed E-state index contributed by atoms with van der Waals surface area (Å²) in [5.74, 6) is 1.43. The molecular weight excluding hydrogens is 511 g/mol. The van der Waals surface area contributed by atoms with Gasteiger partial charge in [0.2, 0.25) is 10.0 Å². The van der Waals surface area contributed by atoms with E-state index in [2.05, 4.69) is 15.6 Å². The monoisotopic (exact) mass is 542 g/mol. The summed E-state index contributed by atoms with van der Waals surface area (Å²) in [6.45, 7) is 5.15. The van der Waals surface area contributed by atoms with Crippen LogP contribution in [0.15, 0.2) is 34.2 Å². The van der Waals surface area contributed by atoms with Crippen LogP contribution in [0.4, 0.5) is 0 Å². The van der Waals surface area contributed by atoms with Crippen molar-refractivity contribution in [1.82, 2.24) is 10.6 Å². The van der Waals surface area contributed by atoms with Crippen molar-refractivity contribution in [2.75, 3.05) is 12.3 Å². The Morgan fingerprint density at radius 2 is 1.93 bits per heavy atom. The minimum Gasteiger partial charge on any atom is -0.357 e. The number of hydrogen-bond acceptors (Lipinski definition) is 4. The highest BCUT2D eigenvalue weighted by atomic mass is 127. The van der Waals surface area contributed by atoms with Crippen LogP contribution in [-0.4, -0.2) is 42.2 Å². The van der Waals surface area contributed by atoms with Crippen LogP contribution in [0.25, 0.3) is 0 Å². The molecular formula is C18H31IN4O3S2. The van der Waals surface area contributed by atoms with Gasteiger partial charge in [0, 0.05) is 34.4 Å². The molecule has 0 radical (unpaired) electrons. The molecule has 1 fully saturated rings. The predicted molar refractivity (Wildman–Crippen MR) is 126 cm³/mol. The third kappa shape index (κ3) is 7.96. The largest absolute Gasteiger partial charge is 0.357 e. The van der Waals surface area contributed by atoms with E-state index in [0.717, 1.165) is 43.8 Å². The molecule has 7 nitrogen and oxygen atoms in total. The van der Waals surface area contributed by atoms with Gasteiger partial charge in [0.1, 0.15) is 0 Å². The number of benzene rings is 1. The maximum Gasteiger partial charge on any atom is 0.238 e. The summed E-state index contributed by atoms with van der Waals surface area (Å²) in [4.78, 5) is 4.69. The molecule has 3 unspecified atom stereocenters. The molecule has 0 saturated heterocycles. The minimum absolute atomic E-state index is 0. The van der Waals surface area contributed by atoms with Crippen molar-refractivity contribution >= 4 is 50.8 Å². The van der Waals surface area contributed by atoms with E-state index >= 15 is 0 Å². The summed E-state index contributed by atoms with van der Waals surface area (Å²) >= 11 is 0. The number of nitrogens with one attached hydrogen (secondary N) is 2. The Morgan fingerprint density at radius 3 is 2.50 bits per heavy atom. The quantitative estimate of drug-likeness (QED) is 0.278. The Balaban J connectivity index is 0.00000392. The van der Waals surface area contributed by atoms with Crippen LogP contribution in [0.3, 0.4) is 0 Å². The molecule has 10 heteroatoms. The highest BCUT2D eigenvalue weighted by Gasteiger charge is 2.26. The van der Waals surface area contributed by atoms with Crippen LogP contribution in [0.2, 0.25) is 0 Å². The molecule has 1 aromatic carbocycles. The van der Waals surface area contributed by atoms with Gasteiger partial charge in [-0.2, -0.15) is 0 Å². The van der Waals surface area contributed by atoms with E-state index in [-0.39, 0.29) is 40.2 Å². The molecule has 0 aliphatic heterocycles. The molecule has 1 aliphatic carbocycles. The topological polar surface area (TPSA) is 114 Å². The second-order valence-electron chi connectivity index (χ2n) is 6.68. The van der Waals surface area contributed by atoms with Crippen LogP contribution in [0.1, 0.15) is 45.1 Å². The summed E-state index contributed by atoms with van der Waals surface area (Å²) in [7, 11) is -4.43. The van der Waals surface area contributed by atoms with Crippen molar-refractivity contribution in [2.24, 2.45) is 10.1 Å². The van der Waals surface area contributed by atoms with Crippen molar-refractivity contribution in [3.05, 3.63) is 29.8 Å². The molecule has 0 bridgehead atoms. The lowest BCUT2D eigenvalue weighted by Crippen LogP contribution is -2.46. The van der Waals surface area contributed by atoms with Crippen molar-refractivity contribution < 1.29 is 12.6 Å². The van der Waals surface area contributed by atoms with Gasteiger partial charge in [-0.1, -0.05) is 25.5 Å². The summed E-state index contributed by atoms with van der Waals surface area (Å²) in [5, 5.41) is 12.1. The fourth-order valence-electron chi connectivity index (χ4n) is 3.22. The molecule has 1 saturated carbocycles. The van der Waals surface area contributed by atoms with Crippen LogP contribution in [0, 0.1) is 0 Å². The first-order chi connectivity index (χ1) is 12.8. The van der Waals surface area contributed by atoms with E-state index in [0.29, 0.717) is 12.3 Å². The molecule has 2 rings (SSSR count). The molecule has 1 aliphatic rings. The lowest BCUT2D eigenvalue weighted by atomic mass is 9.95. The van der Waals surface area contributed by atoms with Crippen LogP contribution in [-0.2, 0) is 27.4 Å². The number of nitrogens with two attached hydrogens (primary N) is 1. The summed E-state index contributed by atoms with van der Waals surface area (Å²) in [5.41, 5.74) is 0.896. The first kappa shape index (κ1) is 25.3. The van der Waals surface area contributed by atoms with E-state index in [4.69, 9.17) is 5.14 Å². The van der Waals surface area contributed by atoms with Gasteiger partial charge >= 0.3 is 0 Å². The summed E-state index contributed by atoms with van der Waals surface area (Å²) in [6, 6.07) is 6.68. The number of halogens is 1. The van der Waals surface area contributed by atoms with Gasteiger partial charge in [0.15, 0.2) is 5.96 Å². The van der Waals surface area contributed by atoms with Gasteiger partial charge in [0.05, 0.1) is 11.4 Å². The van der Waals surface area contributed by atoms with Crippen LogP contribution < -0.4 is 15.8 Å². The van der Waals surface area contributed by atoms with Crippen molar-refractivity contribution in [1.29, 1.82) is 0 Å². The third-order valence-electron chi connectivity index (χ3n) is 4.64. The zero-order valence-corrected chi connectivity index (χ0v) is 20.4. The molecule has 1 aromatic rings. The van der Waals surface area contributed by atoms with Crippen LogP contribution >= 0.6 is 24.0 Å². The SMILES string of the molecule is CCNC(=NCc1ccc(S(N)(=O)=O)cc1)NC1CCCC(S(=O)CC)C1.I. The minimum atomic E-state index is -3.68. The normalized spacial score (nSPS) is 21.5. The molecule has 0 aromatic heterocycles. The number of rotatable bonds is 7. The maximum absolute atomic E-state index is 12.1. The number of guanidine groups is 1. The van der Waals surface area contributed by atoms with E-state index in [9.17, 15) is 12.6 Å². The molecule has 4 N–H and O–H groups in total. The second-order valence-corrected chi connectivity index (χ2v) is 10.3. The number of primary sulfonamides is 1. The number of nitrogens with zero attached hydrogens (tertiary/aromatic N) is 1. The Bertz CT molecular complexity index is 770. The second kappa shape index (κ2) is 12.1. The Hall–Kier alpha value is -0.720. The lowest BCUT2D eigenvalue weighted by molar-refractivity contribution is 0.413. The summed E-state index contributed by atoms with van der Waals surface area (Å²) < 4.78 is 34.8. The molecule has 0 spiro atoms. The van der Waals surface area contributed by atoms with Gasteiger partial charge in [-0.3, -0.25) is 4.21 Å². The standard InChI is InChI=1S/C18H30N4O3S2.HI/c1-3-20-18(22-15-6-5-7-16(12-15)26(23)4-2)21-13-14-8-10-17(11-9-14)27(19,24)25;/h8-11,15-16H,3-7,12-13H2,1-2H3,(H2,19,24,25)(H2,20,21,22);1H. The zero-order valence-electron chi connectivity index (χ0n) is 16.4.